The lowest BCUT2D eigenvalue weighted by Gasteiger charge is -2.48. The Morgan fingerprint density at radius 2 is 2.24 bits per heavy atom. The van der Waals surface area contributed by atoms with E-state index in [0.29, 0.717) is 25.9 Å². The predicted octanol–water partition coefficient (Wildman–Crippen LogP) is 3.55. The number of halogens is 3. The molecule has 0 radical (unpaired) electrons. The van der Waals surface area contributed by atoms with Crippen LogP contribution >= 0.6 is 0 Å². The summed E-state index contributed by atoms with van der Waals surface area (Å²) in [6.07, 6.45) is -0.978. The van der Waals surface area contributed by atoms with Crippen molar-refractivity contribution < 1.29 is 17.6 Å². The molecule has 21 heavy (non-hydrogen) atoms. The first-order valence-corrected chi connectivity index (χ1v) is 7.45. The molecule has 1 aromatic rings. The highest BCUT2D eigenvalue weighted by atomic mass is 19.4. The highest BCUT2D eigenvalue weighted by Crippen LogP contribution is 2.44. The van der Waals surface area contributed by atoms with E-state index < -0.39 is 17.6 Å². The van der Waals surface area contributed by atoms with Crippen molar-refractivity contribution in [2.24, 2.45) is 11.7 Å². The molecule has 0 spiro atoms. The van der Waals surface area contributed by atoms with Crippen LogP contribution in [0.2, 0.25) is 0 Å². The number of alkyl halides is 3. The van der Waals surface area contributed by atoms with Gasteiger partial charge in [0.05, 0.1) is 18.7 Å². The summed E-state index contributed by atoms with van der Waals surface area (Å²) in [5.41, 5.74) is 5.33. The number of rotatable bonds is 5. The average Bonchev–Trinajstić information content (AvgIpc) is 2.97. The summed E-state index contributed by atoms with van der Waals surface area (Å²) in [4.78, 5) is 2.05. The van der Waals surface area contributed by atoms with Crippen molar-refractivity contribution in [2.45, 2.75) is 50.9 Å². The number of furan rings is 1. The van der Waals surface area contributed by atoms with Gasteiger partial charge >= 0.3 is 6.18 Å². The molecule has 1 saturated carbocycles. The number of nitrogens with zero attached hydrogens (tertiary/aromatic N) is 1. The van der Waals surface area contributed by atoms with Gasteiger partial charge in [0, 0.05) is 12.1 Å². The summed E-state index contributed by atoms with van der Waals surface area (Å²) in [6, 6.07) is 3.63. The molecule has 1 aliphatic rings. The van der Waals surface area contributed by atoms with E-state index in [4.69, 9.17) is 10.2 Å². The second-order valence-electron chi connectivity index (χ2n) is 5.86. The summed E-state index contributed by atoms with van der Waals surface area (Å²) in [6.45, 7) is 3.36. The van der Waals surface area contributed by atoms with Gasteiger partial charge in [0.1, 0.15) is 5.76 Å². The predicted molar refractivity (Wildman–Crippen MR) is 74.6 cm³/mol. The second-order valence-corrected chi connectivity index (χ2v) is 5.86. The van der Waals surface area contributed by atoms with Gasteiger partial charge in [-0.1, -0.05) is 13.3 Å². The van der Waals surface area contributed by atoms with Crippen LogP contribution in [-0.4, -0.2) is 29.7 Å². The van der Waals surface area contributed by atoms with Gasteiger partial charge in [0.25, 0.3) is 0 Å². The summed E-state index contributed by atoms with van der Waals surface area (Å²) >= 11 is 0. The van der Waals surface area contributed by atoms with Gasteiger partial charge in [-0.2, -0.15) is 13.2 Å². The zero-order valence-electron chi connectivity index (χ0n) is 12.3. The zero-order valence-corrected chi connectivity index (χ0v) is 12.3. The van der Waals surface area contributed by atoms with Crippen molar-refractivity contribution in [3.8, 4) is 0 Å². The molecule has 1 aliphatic carbocycles. The van der Waals surface area contributed by atoms with Crippen LogP contribution in [0.3, 0.4) is 0 Å². The maximum atomic E-state index is 13.1. The Morgan fingerprint density at radius 3 is 2.76 bits per heavy atom. The van der Waals surface area contributed by atoms with Crippen molar-refractivity contribution in [1.82, 2.24) is 4.90 Å². The van der Waals surface area contributed by atoms with E-state index in [1.54, 1.807) is 12.3 Å². The van der Waals surface area contributed by atoms with Gasteiger partial charge in [0.2, 0.25) is 0 Å². The Bertz CT molecular complexity index is 433. The number of nitrogens with two attached hydrogens (primary N) is 1. The minimum atomic E-state index is -4.13. The Kier molecular flexibility index (Phi) is 4.99. The van der Waals surface area contributed by atoms with Crippen LogP contribution in [-0.2, 0) is 6.54 Å². The Labute approximate surface area is 123 Å². The highest BCUT2D eigenvalue weighted by Gasteiger charge is 2.49. The lowest BCUT2D eigenvalue weighted by Crippen LogP contribution is -2.57. The maximum absolute atomic E-state index is 13.1. The van der Waals surface area contributed by atoms with Crippen LogP contribution in [0.1, 0.15) is 38.4 Å². The largest absolute Gasteiger partial charge is 0.468 e. The van der Waals surface area contributed by atoms with Crippen molar-refractivity contribution in [2.75, 3.05) is 13.1 Å². The molecule has 1 aromatic heterocycles. The SMILES string of the molecule is CCN(Cc1ccco1)C1(CN)CCCC(C(F)(F)F)C1. The van der Waals surface area contributed by atoms with E-state index in [2.05, 4.69) is 0 Å². The van der Waals surface area contributed by atoms with E-state index in [-0.39, 0.29) is 19.4 Å². The average molecular weight is 304 g/mol. The normalized spacial score (nSPS) is 27.2. The van der Waals surface area contributed by atoms with Crippen molar-refractivity contribution in [1.29, 1.82) is 0 Å². The van der Waals surface area contributed by atoms with Gasteiger partial charge < -0.3 is 10.2 Å². The number of hydrogen-bond acceptors (Lipinski definition) is 3. The van der Waals surface area contributed by atoms with Gasteiger partial charge in [0.15, 0.2) is 0 Å². The van der Waals surface area contributed by atoms with Crippen molar-refractivity contribution in [3.63, 3.8) is 0 Å². The van der Waals surface area contributed by atoms with Crippen LogP contribution in [0.4, 0.5) is 13.2 Å². The zero-order chi connectivity index (χ0) is 15.5. The van der Waals surface area contributed by atoms with Gasteiger partial charge in [-0.15, -0.1) is 0 Å². The van der Waals surface area contributed by atoms with Gasteiger partial charge in [-0.05, 0) is 37.9 Å². The minimum Gasteiger partial charge on any atom is -0.468 e. The van der Waals surface area contributed by atoms with E-state index in [0.717, 1.165) is 5.76 Å². The molecule has 0 aromatic carbocycles. The van der Waals surface area contributed by atoms with E-state index in [1.807, 2.05) is 17.9 Å². The molecule has 2 unspecified atom stereocenters. The maximum Gasteiger partial charge on any atom is 0.391 e. The minimum absolute atomic E-state index is 0.0849. The molecule has 2 N–H and O–H groups in total. The first-order valence-electron chi connectivity index (χ1n) is 7.45. The Balaban J connectivity index is 2.17. The van der Waals surface area contributed by atoms with E-state index in [9.17, 15) is 13.2 Å². The lowest BCUT2D eigenvalue weighted by molar-refractivity contribution is -0.194. The Morgan fingerprint density at radius 1 is 1.48 bits per heavy atom. The smallest absolute Gasteiger partial charge is 0.391 e. The molecule has 3 nitrogen and oxygen atoms in total. The first kappa shape index (κ1) is 16.4. The molecule has 0 bridgehead atoms. The third-order valence-corrected chi connectivity index (χ3v) is 4.64. The van der Waals surface area contributed by atoms with Crippen LogP contribution in [0.15, 0.2) is 22.8 Å². The topological polar surface area (TPSA) is 42.4 Å². The molecule has 2 rings (SSSR count). The lowest BCUT2D eigenvalue weighted by atomic mass is 9.74. The molecule has 1 fully saturated rings. The van der Waals surface area contributed by atoms with Crippen LogP contribution in [0.5, 0.6) is 0 Å². The fraction of sp³-hybridized carbons (Fsp3) is 0.733. The monoisotopic (exact) mass is 304 g/mol. The molecule has 0 aliphatic heterocycles. The molecule has 2 atom stereocenters. The number of likely N-dealkylation sites (N-methyl/N-ethyl adjacent to an activating group) is 1. The second kappa shape index (κ2) is 6.40. The fourth-order valence-electron chi connectivity index (χ4n) is 3.43. The molecule has 120 valence electrons. The molecular formula is C15H23F3N2O. The van der Waals surface area contributed by atoms with Crippen LogP contribution in [0.25, 0.3) is 0 Å². The van der Waals surface area contributed by atoms with E-state index in [1.165, 1.54) is 0 Å². The highest BCUT2D eigenvalue weighted by molar-refractivity contribution is 5.03. The standard InChI is InChI=1S/C15H23F3N2O/c1-2-20(10-13-6-4-8-21-13)14(11-19)7-3-5-12(9-14)15(16,17)18/h4,6,8,12H,2-3,5,7,9-11,19H2,1H3. The fourth-order valence-corrected chi connectivity index (χ4v) is 3.43. The molecule has 0 amide bonds. The first-order chi connectivity index (χ1) is 9.91. The quantitative estimate of drug-likeness (QED) is 0.904. The summed E-state index contributed by atoms with van der Waals surface area (Å²) in [7, 11) is 0. The Hall–Kier alpha value is -1.01. The molecular weight excluding hydrogens is 281 g/mol. The molecule has 1 heterocycles. The van der Waals surface area contributed by atoms with Gasteiger partial charge in [-0.3, -0.25) is 4.90 Å². The summed E-state index contributed by atoms with van der Waals surface area (Å²) in [5, 5.41) is 0. The van der Waals surface area contributed by atoms with E-state index >= 15 is 0 Å². The molecule has 6 heteroatoms. The van der Waals surface area contributed by atoms with Gasteiger partial charge in [-0.25, -0.2) is 0 Å². The van der Waals surface area contributed by atoms with Crippen LogP contribution in [0, 0.1) is 5.92 Å². The number of hydrogen-bond donors (Lipinski definition) is 1. The van der Waals surface area contributed by atoms with Crippen molar-refractivity contribution in [3.05, 3.63) is 24.2 Å². The van der Waals surface area contributed by atoms with Crippen molar-refractivity contribution >= 4 is 0 Å². The third-order valence-electron chi connectivity index (χ3n) is 4.64. The summed E-state index contributed by atoms with van der Waals surface area (Å²) in [5.74, 6) is -0.487. The summed E-state index contributed by atoms with van der Waals surface area (Å²) < 4.78 is 44.6. The van der Waals surface area contributed by atoms with Crippen LogP contribution < -0.4 is 5.73 Å². The molecule has 0 saturated heterocycles. The third kappa shape index (κ3) is 3.61.